The van der Waals surface area contributed by atoms with Gasteiger partial charge in [-0.15, -0.1) is 11.3 Å². The van der Waals surface area contributed by atoms with Crippen molar-refractivity contribution in [3.63, 3.8) is 0 Å². The largest absolute Gasteiger partial charge is 0.301 e. The van der Waals surface area contributed by atoms with Gasteiger partial charge in [-0.3, -0.25) is 0 Å². The Labute approximate surface area is 111 Å². The molecule has 2 nitrogen and oxygen atoms in total. The van der Waals surface area contributed by atoms with Crippen molar-refractivity contribution in [1.29, 1.82) is 0 Å². The van der Waals surface area contributed by atoms with Crippen LogP contribution in [-0.2, 0) is 6.42 Å². The standard InChI is InChI=1S/C13H18N2S2/c1-4-12-7-14-13(17-12)10(3)15-9(2)11-5-6-16-8-11/h5-10,15H,4H2,1-3H3. The number of hydrogen-bond acceptors (Lipinski definition) is 4. The Morgan fingerprint density at radius 2 is 2.18 bits per heavy atom. The van der Waals surface area contributed by atoms with Gasteiger partial charge in [0.1, 0.15) is 5.01 Å². The van der Waals surface area contributed by atoms with E-state index in [1.165, 1.54) is 15.4 Å². The monoisotopic (exact) mass is 266 g/mol. The van der Waals surface area contributed by atoms with E-state index < -0.39 is 0 Å². The molecule has 0 bridgehead atoms. The van der Waals surface area contributed by atoms with Crippen LogP contribution in [0.2, 0.25) is 0 Å². The van der Waals surface area contributed by atoms with Crippen molar-refractivity contribution in [3.8, 4) is 0 Å². The summed E-state index contributed by atoms with van der Waals surface area (Å²) in [6.45, 7) is 6.55. The molecule has 2 rings (SSSR count). The SMILES string of the molecule is CCc1cnc(C(C)NC(C)c2ccsc2)s1. The van der Waals surface area contributed by atoms with Gasteiger partial charge >= 0.3 is 0 Å². The van der Waals surface area contributed by atoms with Crippen molar-refractivity contribution in [2.45, 2.75) is 39.3 Å². The fourth-order valence-electron chi connectivity index (χ4n) is 1.75. The predicted molar refractivity (Wildman–Crippen MR) is 75.8 cm³/mol. The first kappa shape index (κ1) is 12.7. The number of nitrogens with zero attached hydrogens (tertiary/aromatic N) is 1. The van der Waals surface area contributed by atoms with Gasteiger partial charge in [0.25, 0.3) is 0 Å². The zero-order chi connectivity index (χ0) is 12.3. The van der Waals surface area contributed by atoms with Crippen LogP contribution in [0.25, 0.3) is 0 Å². The van der Waals surface area contributed by atoms with E-state index >= 15 is 0 Å². The van der Waals surface area contributed by atoms with Crippen molar-refractivity contribution >= 4 is 22.7 Å². The summed E-state index contributed by atoms with van der Waals surface area (Å²) in [6, 6.07) is 2.87. The van der Waals surface area contributed by atoms with Crippen LogP contribution in [0.1, 0.15) is 48.3 Å². The van der Waals surface area contributed by atoms with Gasteiger partial charge in [-0.2, -0.15) is 11.3 Å². The lowest BCUT2D eigenvalue weighted by Crippen LogP contribution is -2.21. The number of hydrogen-bond donors (Lipinski definition) is 1. The van der Waals surface area contributed by atoms with Gasteiger partial charge in [-0.25, -0.2) is 4.98 Å². The van der Waals surface area contributed by atoms with Gasteiger partial charge in [0.15, 0.2) is 0 Å². The van der Waals surface area contributed by atoms with E-state index in [-0.39, 0.29) is 0 Å². The van der Waals surface area contributed by atoms with Crippen LogP contribution in [0.4, 0.5) is 0 Å². The van der Waals surface area contributed by atoms with Gasteiger partial charge in [-0.1, -0.05) is 6.92 Å². The molecule has 0 radical (unpaired) electrons. The summed E-state index contributed by atoms with van der Waals surface area (Å²) in [7, 11) is 0. The van der Waals surface area contributed by atoms with Gasteiger partial charge in [0.2, 0.25) is 0 Å². The molecule has 2 heterocycles. The fourth-order valence-corrected chi connectivity index (χ4v) is 3.37. The Bertz CT molecular complexity index is 448. The third-order valence-corrected chi connectivity index (χ3v) is 4.86. The molecule has 2 aromatic rings. The topological polar surface area (TPSA) is 24.9 Å². The third kappa shape index (κ3) is 3.15. The molecular formula is C13H18N2S2. The quantitative estimate of drug-likeness (QED) is 0.878. The Hall–Kier alpha value is -0.710. The molecular weight excluding hydrogens is 248 g/mol. The van der Waals surface area contributed by atoms with E-state index in [1.807, 2.05) is 17.5 Å². The first-order valence-electron chi connectivity index (χ1n) is 5.93. The lowest BCUT2D eigenvalue weighted by atomic mass is 10.1. The lowest BCUT2D eigenvalue weighted by Gasteiger charge is -2.17. The average molecular weight is 266 g/mol. The number of rotatable bonds is 5. The highest BCUT2D eigenvalue weighted by Gasteiger charge is 2.14. The molecule has 92 valence electrons. The van der Waals surface area contributed by atoms with Gasteiger partial charge < -0.3 is 5.32 Å². The van der Waals surface area contributed by atoms with Crippen LogP contribution in [0, 0.1) is 0 Å². The molecule has 1 N–H and O–H groups in total. The van der Waals surface area contributed by atoms with Crippen molar-refractivity contribution in [3.05, 3.63) is 38.5 Å². The fraction of sp³-hybridized carbons (Fsp3) is 0.462. The van der Waals surface area contributed by atoms with Gasteiger partial charge in [-0.05, 0) is 42.7 Å². The van der Waals surface area contributed by atoms with Crippen LogP contribution in [0.3, 0.4) is 0 Å². The smallest absolute Gasteiger partial charge is 0.109 e. The molecule has 0 aliphatic rings. The van der Waals surface area contributed by atoms with Crippen LogP contribution in [0.5, 0.6) is 0 Å². The number of nitrogens with one attached hydrogen (secondary N) is 1. The zero-order valence-electron chi connectivity index (χ0n) is 10.4. The second kappa shape index (κ2) is 5.76. The Morgan fingerprint density at radius 1 is 1.35 bits per heavy atom. The van der Waals surface area contributed by atoms with Gasteiger partial charge in [0.05, 0.1) is 6.04 Å². The minimum absolute atomic E-state index is 0.315. The molecule has 0 amide bonds. The molecule has 0 saturated heterocycles. The maximum absolute atomic E-state index is 4.48. The summed E-state index contributed by atoms with van der Waals surface area (Å²) in [5.41, 5.74) is 1.36. The Balaban J connectivity index is 1.99. The molecule has 2 atom stereocenters. The molecule has 4 heteroatoms. The van der Waals surface area contributed by atoms with E-state index in [0.29, 0.717) is 12.1 Å². The molecule has 0 fully saturated rings. The summed E-state index contributed by atoms with van der Waals surface area (Å²) in [5, 5.41) is 9.09. The summed E-state index contributed by atoms with van der Waals surface area (Å²) in [5.74, 6) is 0. The Kier molecular flexibility index (Phi) is 4.31. The van der Waals surface area contributed by atoms with Crippen molar-refractivity contribution in [2.75, 3.05) is 0 Å². The second-order valence-electron chi connectivity index (χ2n) is 4.19. The van der Waals surface area contributed by atoms with Crippen LogP contribution in [0.15, 0.2) is 23.0 Å². The molecule has 0 aliphatic heterocycles. The average Bonchev–Trinajstić information content (AvgIpc) is 3.00. The number of thiophene rings is 1. The maximum Gasteiger partial charge on any atom is 0.109 e. The summed E-state index contributed by atoms with van der Waals surface area (Å²) < 4.78 is 0. The molecule has 2 unspecified atom stereocenters. The number of thiazole rings is 1. The summed E-state index contributed by atoms with van der Waals surface area (Å²) in [4.78, 5) is 5.84. The first-order valence-corrected chi connectivity index (χ1v) is 7.69. The highest BCUT2D eigenvalue weighted by atomic mass is 32.1. The predicted octanol–water partition coefficient (Wildman–Crippen LogP) is 4.18. The number of aryl methyl sites for hydroxylation is 1. The molecule has 0 aliphatic carbocycles. The van der Waals surface area contributed by atoms with Crippen LogP contribution < -0.4 is 5.32 Å². The highest BCUT2D eigenvalue weighted by molar-refractivity contribution is 7.11. The van der Waals surface area contributed by atoms with Crippen LogP contribution >= 0.6 is 22.7 Å². The van der Waals surface area contributed by atoms with Crippen molar-refractivity contribution in [2.24, 2.45) is 0 Å². The molecule has 17 heavy (non-hydrogen) atoms. The second-order valence-corrected chi connectivity index (χ2v) is 6.11. The van der Waals surface area contributed by atoms with E-state index in [2.05, 4.69) is 47.9 Å². The van der Waals surface area contributed by atoms with Crippen LogP contribution in [-0.4, -0.2) is 4.98 Å². The normalized spacial score (nSPS) is 14.8. The Morgan fingerprint density at radius 3 is 2.76 bits per heavy atom. The number of aromatic nitrogens is 1. The van der Waals surface area contributed by atoms with E-state index in [1.54, 1.807) is 11.3 Å². The van der Waals surface area contributed by atoms with E-state index in [0.717, 1.165) is 6.42 Å². The lowest BCUT2D eigenvalue weighted by molar-refractivity contribution is 0.494. The highest BCUT2D eigenvalue weighted by Crippen LogP contribution is 2.24. The van der Waals surface area contributed by atoms with Crippen molar-refractivity contribution in [1.82, 2.24) is 10.3 Å². The zero-order valence-corrected chi connectivity index (χ0v) is 12.1. The first-order chi connectivity index (χ1) is 8.20. The van der Waals surface area contributed by atoms with E-state index in [9.17, 15) is 0 Å². The minimum atomic E-state index is 0.315. The summed E-state index contributed by atoms with van der Waals surface area (Å²) in [6.07, 6.45) is 3.07. The molecule has 2 aromatic heterocycles. The van der Waals surface area contributed by atoms with Crippen molar-refractivity contribution < 1.29 is 0 Å². The molecule has 0 aromatic carbocycles. The maximum atomic E-state index is 4.48. The van der Waals surface area contributed by atoms with Gasteiger partial charge in [0, 0.05) is 17.1 Å². The van der Waals surface area contributed by atoms with E-state index in [4.69, 9.17) is 0 Å². The minimum Gasteiger partial charge on any atom is -0.301 e. The molecule has 0 saturated carbocycles. The third-order valence-electron chi connectivity index (χ3n) is 2.83. The molecule has 0 spiro atoms. The summed E-state index contributed by atoms with van der Waals surface area (Å²) >= 11 is 3.55.